The van der Waals surface area contributed by atoms with Crippen molar-refractivity contribution in [2.24, 2.45) is 5.92 Å². The van der Waals surface area contributed by atoms with Gasteiger partial charge in [-0.25, -0.2) is 0 Å². The molecule has 1 atom stereocenters. The zero-order valence-electron chi connectivity index (χ0n) is 11.1. The zero-order valence-corrected chi connectivity index (χ0v) is 11.8. The Kier molecular flexibility index (Phi) is 4.66. The molecular formula is C14H19ClN2O2. The average Bonchev–Trinajstić information content (AvgIpc) is 2.88. The van der Waals surface area contributed by atoms with Crippen molar-refractivity contribution in [3.63, 3.8) is 0 Å². The monoisotopic (exact) mass is 282 g/mol. The van der Waals surface area contributed by atoms with Crippen LogP contribution in [-0.2, 0) is 4.74 Å². The summed E-state index contributed by atoms with van der Waals surface area (Å²) in [6, 6.07) is 5.00. The fourth-order valence-electron chi connectivity index (χ4n) is 2.27. The lowest BCUT2D eigenvalue weighted by molar-refractivity contribution is 0.0731. The Balaban J connectivity index is 2.10. The van der Waals surface area contributed by atoms with Crippen LogP contribution in [0.1, 0.15) is 23.7 Å². The van der Waals surface area contributed by atoms with E-state index in [9.17, 15) is 4.79 Å². The molecule has 1 saturated heterocycles. The standard InChI is InChI=1S/C14H19ClN2O2/c1-2-17(8-10-5-6-19-9-10)14(18)12-4-3-11(16)7-13(12)15/h3-4,7,10H,2,5-6,8-9,16H2,1H3. The number of hydrogen-bond donors (Lipinski definition) is 1. The van der Waals surface area contributed by atoms with Crippen LogP contribution in [0.5, 0.6) is 0 Å². The van der Waals surface area contributed by atoms with Gasteiger partial charge in [-0.1, -0.05) is 11.6 Å². The molecule has 0 saturated carbocycles. The van der Waals surface area contributed by atoms with E-state index < -0.39 is 0 Å². The number of nitrogens with zero attached hydrogens (tertiary/aromatic N) is 1. The number of carbonyl (C=O) groups excluding carboxylic acids is 1. The van der Waals surface area contributed by atoms with Crippen LogP contribution in [-0.4, -0.2) is 37.1 Å². The van der Waals surface area contributed by atoms with E-state index in [1.807, 2.05) is 11.8 Å². The molecule has 1 aromatic rings. The summed E-state index contributed by atoms with van der Waals surface area (Å²) in [5, 5.41) is 0.408. The van der Waals surface area contributed by atoms with Gasteiger partial charge in [-0.15, -0.1) is 0 Å². The number of anilines is 1. The quantitative estimate of drug-likeness (QED) is 0.863. The lowest BCUT2D eigenvalue weighted by Gasteiger charge is -2.24. The molecule has 0 aliphatic carbocycles. The third-order valence-corrected chi connectivity index (χ3v) is 3.71. The van der Waals surface area contributed by atoms with Gasteiger partial charge in [0, 0.05) is 31.3 Å². The van der Waals surface area contributed by atoms with Crippen molar-refractivity contribution in [3.05, 3.63) is 28.8 Å². The normalized spacial score (nSPS) is 18.5. The number of carbonyl (C=O) groups is 1. The highest BCUT2D eigenvalue weighted by atomic mass is 35.5. The molecule has 1 amide bonds. The Bertz CT molecular complexity index is 459. The SMILES string of the molecule is CCN(CC1CCOC1)C(=O)c1ccc(N)cc1Cl. The maximum absolute atomic E-state index is 12.5. The molecule has 1 unspecified atom stereocenters. The van der Waals surface area contributed by atoms with Crippen molar-refractivity contribution in [1.29, 1.82) is 0 Å². The number of amides is 1. The Morgan fingerprint density at radius 1 is 1.58 bits per heavy atom. The van der Waals surface area contributed by atoms with E-state index >= 15 is 0 Å². The Morgan fingerprint density at radius 3 is 2.95 bits per heavy atom. The summed E-state index contributed by atoms with van der Waals surface area (Å²) in [5.41, 5.74) is 6.72. The molecule has 2 rings (SSSR count). The number of nitrogens with two attached hydrogens (primary N) is 1. The molecule has 1 aromatic carbocycles. The largest absolute Gasteiger partial charge is 0.399 e. The molecule has 1 aliphatic rings. The molecule has 104 valence electrons. The van der Waals surface area contributed by atoms with Crippen molar-refractivity contribution < 1.29 is 9.53 Å². The van der Waals surface area contributed by atoms with Gasteiger partial charge in [0.25, 0.3) is 5.91 Å². The summed E-state index contributed by atoms with van der Waals surface area (Å²) in [7, 11) is 0. The predicted molar refractivity (Wildman–Crippen MR) is 76.4 cm³/mol. The second-order valence-electron chi connectivity index (χ2n) is 4.81. The van der Waals surface area contributed by atoms with Gasteiger partial charge in [-0.2, -0.15) is 0 Å². The summed E-state index contributed by atoms with van der Waals surface area (Å²) in [4.78, 5) is 14.3. The molecule has 1 fully saturated rings. The lowest BCUT2D eigenvalue weighted by Crippen LogP contribution is -2.35. The van der Waals surface area contributed by atoms with E-state index in [0.717, 1.165) is 26.2 Å². The second kappa shape index (κ2) is 6.26. The molecule has 5 heteroatoms. The minimum atomic E-state index is -0.0422. The van der Waals surface area contributed by atoms with Crippen molar-refractivity contribution in [1.82, 2.24) is 4.90 Å². The molecule has 0 spiro atoms. The minimum absolute atomic E-state index is 0.0422. The summed E-state index contributed by atoms with van der Waals surface area (Å²) < 4.78 is 5.35. The second-order valence-corrected chi connectivity index (χ2v) is 5.22. The first-order valence-corrected chi connectivity index (χ1v) is 6.91. The van der Waals surface area contributed by atoms with Crippen molar-refractivity contribution >= 4 is 23.2 Å². The first-order chi connectivity index (χ1) is 9.11. The van der Waals surface area contributed by atoms with Crippen LogP contribution in [0.15, 0.2) is 18.2 Å². The Labute approximate surface area is 118 Å². The molecule has 1 heterocycles. The van der Waals surface area contributed by atoms with Gasteiger partial charge < -0.3 is 15.4 Å². The van der Waals surface area contributed by atoms with Crippen LogP contribution in [0.2, 0.25) is 5.02 Å². The first-order valence-electron chi connectivity index (χ1n) is 6.54. The van der Waals surface area contributed by atoms with Crippen molar-refractivity contribution in [2.45, 2.75) is 13.3 Å². The topological polar surface area (TPSA) is 55.6 Å². The highest BCUT2D eigenvalue weighted by Crippen LogP contribution is 2.22. The van der Waals surface area contributed by atoms with Gasteiger partial charge >= 0.3 is 0 Å². The highest BCUT2D eigenvalue weighted by molar-refractivity contribution is 6.34. The van der Waals surface area contributed by atoms with Gasteiger partial charge in [0.05, 0.1) is 17.2 Å². The number of hydrogen-bond acceptors (Lipinski definition) is 3. The Hall–Kier alpha value is -1.26. The van der Waals surface area contributed by atoms with Crippen molar-refractivity contribution in [3.8, 4) is 0 Å². The third kappa shape index (κ3) is 3.39. The third-order valence-electron chi connectivity index (χ3n) is 3.40. The van der Waals surface area contributed by atoms with Crippen LogP contribution >= 0.6 is 11.6 Å². The highest BCUT2D eigenvalue weighted by Gasteiger charge is 2.23. The van der Waals surface area contributed by atoms with Gasteiger partial charge in [0.1, 0.15) is 0 Å². The summed E-state index contributed by atoms with van der Waals surface area (Å²) in [6.07, 6.45) is 1.01. The summed E-state index contributed by atoms with van der Waals surface area (Å²) in [6.45, 7) is 4.88. The van der Waals surface area contributed by atoms with E-state index in [-0.39, 0.29) is 5.91 Å². The number of nitrogen functional groups attached to an aromatic ring is 1. The van der Waals surface area contributed by atoms with E-state index in [0.29, 0.717) is 28.7 Å². The van der Waals surface area contributed by atoms with E-state index in [1.54, 1.807) is 18.2 Å². The number of ether oxygens (including phenoxy) is 1. The van der Waals surface area contributed by atoms with Gasteiger partial charge in [-0.05, 0) is 31.5 Å². The van der Waals surface area contributed by atoms with E-state index in [1.165, 1.54) is 0 Å². The zero-order chi connectivity index (χ0) is 13.8. The Morgan fingerprint density at radius 2 is 2.37 bits per heavy atom. The maximum Gasteiger partial charge on any atom is 0.255 e. The van der Waals surface area contributed by atoms with Gasteiger partial charge in [0.15, 0.2) is 0 Å². The van der Waals surface area contributed by atoms with Crippen LogP contribution in [0, 0.1) is 5.92 Å². The lowest BCUT2D eigenvalue weighted by atomic mass is 10.1. The van der Waals surface area contributed by atoms with Crippen LogP contribution in [0.25, 0.3) is 0 Å². The average molecular weight is 283 g/mol. The van der Waals surface area contributed by atoms with Gasteiger partial charge in [-0.3, -0.25) is 4.79 Å². The molecule has 1 aliphatic heterocycles. The fraction of sp³-hybridized carbons (Fsp3) is 0.500. The molecule has 0 aromatic heterocycles. The molecule has 0 bridgehead atoms. The number of rotatable bonds is 4. The molecule has 2 N–H and O–H groups in total. The van der Waals surface area contributed by atoms with E-state index in [2.05, 4.69) is 0 Å². The minimum Gasteiger partial charge on any atom is -0.399 e. The molecule has 4 nitrogen and oxygen atoms in total. The van der Waals surface area contributed by atoms with E-state index in [4.69, 9.17) is 22.1 Å². The number of halogens is 1. The predicted octanol–water partition coefficient (Wildman–Crippen LogP) is 2.42. The summed E-state index contributed by atoms with van der Waals surface area (Å²) >= 11 is 6.09. The molecular weight excluding hydrogens is 264 g/mol. The van der Waals surface area contributed by atoms with Crippen LogP contribution in [0.3, 0.4) is 0 Å². The molecule has 0 radical (unpaired) electrons. The van der Waals surface area contributed by atoms with Gasteiger partial charge in [0.2, 0.25) is 0 Å². The smallest absolute Gasteiger partial charge is 0.255 e. The summed E-state index contributed by atoms with van der Waals surface area (Å²) in [5.74, 6) is 0.385. The first kappa shape index (κ1) is 14.2. The maximum atomic E-state index is 12.5. The fourth-order valence-corrected chi connectivity index (χ4v) is 2.54. The van der Waals surface area contributed by atoms with Crippen LogP contribution < -0.4 is 5.73 Å². The molecule has 19 heavy (non-hydrogen) atoms. The number of benzene rings is 1. The van der Waals surface area contributed by atoms with Crippen molar-refractivity contribution in [2.75, 3.05) is 32.0 Å². The van der Waals surface area contributed by atoms with Crippen LogP contribution in [0.4, 0.5) is 5.69 Å².